The summed E-state index contributed by atoms with van der Waals surface area (Å²) in [4.78, 5) is 25.3. The lowest BCUT2D eigenvalue weighted by Crippen LogP contribution is -2.33. The predicted octanol–water partition coefficient (Wildman–Crippen LogP) is 2.59. The molecule has 0 aromatic heterocycles. The van der Waals surface area contributed by atoms with E-state index in [0.717, 1.165) is 30.5 Å². The first-order chi connectivity index (χ1) is 9.61. The largest absolute Gasteiger partial charge is 0.339 e. The van der Waals surface area contributed by atoms with Crippen molar-refractivity contribution in [3.05, 3.63) is 29.8 Å². The molecule has 4 nitrogen and oxygen atoms in total. The second-order valence-electron chi connectivity index (χ2n) is 5.25. The van der Waals surface area contributed by atoms with Gasteiger partial charge in [-0.15, -0.1) is 0 Å². The van der Waals surface area contributed by atoms with E-state index in [4.69, 9.17) is 0 Å². The lowest BCUT2D eigenvalue weighted by Gasteiger charge is -2.20. The third kappa shape index (κ3) is 3.83. The van der Waals surface area contributed by atoms with E-state index in [0.29, 0.717) is 19.0 Å². The molecule has 0 heterocycles. The summed E-state index contributed by atoms with van der Waals surface area (Å²) in [6.07, 6.45) is 3.38. The number of carbonyl (C=O) groups excluding carboxylic acids is 2. The monoisotopic (exact) mass is 274 g/mol. The zero-order chi connectivity index (χ0) is 14.5. The quantitative estimate of drug-likeness (QED) is 0.866. The Labute approximate surface area is 120 Å². The topological polar surface area (TPSA) is 49.4 Å². The van der Waals surface area contributed by atoms with Crippen LogP contribution in [0.2, 0.25) is 0 Å². The van der Waals surface area contributed by atoms with Crippen LogP contribution in [0.3, 0.4) is 0 Å². The van der Waals surface area contributed by atoms with Gasteiger partial charge in [0.15, 0.2) is 0 Å². The van der Waals surface area contributed by atoms with Crippen molar-refractivity contribution in [3.63, 3.8) is 0 Å². The minimum atomic E-state index is -0.0298. The van der Waals surface area contributed by atoms with Gasteiger partial charge in [-0.2, -0.15) is 0 Å². The van der Waals surface area contributed by atoms with Gasteiger partial charge < -0.3 is 10.2 Å². The number of hydrogen-bond donors (Lipinski definition) is 1. The van der Waals surface area contributed by atoms with Crippen molar-refractivity contribution in [3.8, 4) is 0 Å². The van der Waals surface area contributed by atoms with Gasteiger partial charge >= 0.3 is 0 Å². The van der Waals surface area contributed by atoms with Crippen LogP contribution in [0.25, 0.3) is 0 Å². The molecule has 1 saturated carbocycles. The molecule has 0 aliphatic heterocycles. The highest BCUT2D eigenvalue weighted by Crippen LogP contribution is 2.27. The van der Waals surface area contributed by atoms with E-state index in [-0.39, 0.29) is 11.8 Å². The Morgan fingerprint density at radius 3 is 2.60 bits per heavy atom. The Kier molecular flexibility index (Phi) is 4.77. The van der Waals surface area contributed by atoms with Crippen molar-refractivity contribution < 1.29 is 9.59 Å². The van der Waals surface area contributed by atoms with Gasteiger partial charge in [-0.1, -0.05) is 25.1 Å². The molecule has 0 unspecified atom stereocenters. The van der Waals surface area contributed by atoms with E-state index in [1.165, 1.54) is 0 Å². The van der Waals surface area contributed by atoms with Crippen LogP contribution < -0.4 is 5.32 Å². The van der Waals surface area contributed by atoms with E-state index in [2.05, 4.69) is 12.2 Å². The zero-order valence-electron chi connectivity index (χ0n) is 12.2. The highest BCUT2D eigenvalue weighted by Gasteiger charge is 2.30. The molecule has 0 atom stereocenters. The molecular weight excluding hydrogens is 252 g/mol. The molecule has 1 fully saturated rings. The van der Waals surface area contributed by atoms with Crippen LogP contribution >= 0.6 is 0 Å². The molecule has 2 amide bonds. The third-order valence-electron chi connectivity index (χ3n) is 3.64. The summed E-state index contributed by atoms with van der Waals surface area (Å²) in [6, 6.07) is 8.19. The number of anilines is 1. The van der Waals surface area contributed by atoms with E-state index >= 15 is 0 Å². The van der Waals surface area contributed by atoms with Crippen molar-refractivity contribution >= 4 is 17.5 Å². The molecule has 1 aliphatic rings. The summed E-state index contributed by atoms with van der Waals surface area (Å²) in [5, 5.41) is 2.94. The first kappa shape index (κ1) is 14.6. The highest BCUT2D eigenvalue weighted by molar-refractivity contribution is 5.91. The fraction of sp³-hybridized carbons (Fsp3) is 0.500. The Bertz CT molecular complexity index is 495. The number of rotatable bonds is 6. The van der Waals surface area contributed by atoms with Gasteiger partial charge in [-0.3, -0.25) is 9.59 Å². The van der Waals surface area contributed by atoms with E-state index in [1.807, 2.05) is 29.2 Å². The molecule has 1 N–H and O–H groups in total. The molecule has 2 rings (SSSR count). The summed E-state index contributed by atoms with van der Waals surface area (Å²) in [5.41, 5.74) is 2.01. The maximum atomic E-state index is 12.0. The second kappa shape index (κ2) is 6.55. The first-order valence-corrected chi connectivity index (χ1v) is 7.26. The summed E-state index contributed by atoms with van der Waals surface area (Å²) in [5.74, 6) is 0.0343. The van der Waals surface area contributed by atoms with Crippen LogP contribution in [0.4, 0.5) is 5.69 Å². The lowest BCUT2D eigenvalue weighted by atomic mass is 10.1. The molecule has 1 aliphatic carbocycles. The van der Waals surface area contributed by atoms with E-state index < -0.39 is 0 Å². The standard InChI is InChI=1S/C16H22N2O2/c1-3-13-6-4-5-7-15(13)17-16(20)10-11-18(12(2)19)14-8-9-14/h4-7,14H,3,8-11H2,1-2H3,(H,17,20). The number of hydrogen-bond acceptors (Lipinski definition) is 2. The summed E-state index contributed by atoms with van der Waals surface area (Å²) >= 11 is 0. The Hall–Kier alpha value is -1.84. The molecule has 0 spiro atoms. The van der Waals surface area contributed by atoms with Gasteiger partial charge in [0.1, 0.15) is 0 Å². The van der Waals surface area contributed by atoms with Crippen LogP contribution in [-0.4, -0.2) is 29.3 Å². The minimum Gasteiger partial charge on any atom is -0.339 e. The number of aryl methyl sites for hydroxylation is 1. The average Bonchev–Trinajstić information content (AvgIpc) is 3.24. The first-order valence-electron chi connectivity index (χ1n) is 7.26. The number of benzene rings is 1. The van der Waals surface area contributed by atoms with Crippen molar-refractivity contribution in [1.82, 2.24) is 4.90 Å². The highest BCUT2D eigenvalue weighted by atomic mass is 16.2. The molecule has 4 heteroatoms. The molecule has 1 aromatic carbocycles. The third-order valence-corrected chi connectivity index (χ3v) is 3.64. The van der Waals surface area contributed by atoms with Gasteiger partial charge in [-0.05, 0) is 30.9 Å². The van der Waals surface area contributed by atoms with Crippen molar-refractivity contribution in [1.29, 1.82) is 0 Å². The van der Waals surface area contributed by atoms with Crippen LogP contribution in [-0.2, 0) is 16.0 Å². The molecule has 1 aromatic rings. The van der Waals surface area contributed by atoms with E-state index in [9.17, 15) is 9.59 Å². The van der Waals surface area contributed by atoms with Gasteiger partial charge in [-0.25, -0.2) is 0 Å². The fourth-order valence-corrected chi connectivity index (χ4v) is 2.37. The number of nitrogens with zero attached hydrogens (tertiary/aromatic N) is 1. The number of nitrogens with one attached hydrogen (secondary N) is 1. The zero-order valence-corrected chi connectivity index (χ0v) is 12.2. The number of para-hydroxylation sites is 1. The van der Waals surface area contributed by atoms with Gasteiger partial charge in [0, 0.05) is 31.6 Å². The molecule has 0 saturated heterocycles. The minimum absolute atomic E-state index is 0.0298. The Balaban J connectivity index is 1.87. The van der Waals surface area contributed by atoms with Gasteiger partial charge in [0.05, 0.1) is 0 Å². The normalized spacial score (nSPS) is 13.9. The van der Waals surface area contributed by atoms with Gasteiger partial charge in [0.25, 0.3) is 0 Å². The maximum Gasteiger partial charge on any atom is 0.226 e. The van der Waals surface area contributed by atoms with Crippen LogP contribution in [0.5, 0.6) is 0 Å². The summed E-state index contributed by atoms with van der Waals surface area (Å²) in [7, 11) is 0. The lowest BCUT2D eigenvalue weighted by molar-refractivity contribution is -0.129. The summed E-state index contributed by atoms with van der Waals surface area (Å²) in [6.45, 7) is 4.15. The fourth-order valence-electron chi connectivity index (χ4n) is 2.37. The number of amides is 2. The Morgan fingerprint density at radius 2 is 2.00 bits per heavy atom. The number of carbonyl (C=O) groups is 2. The predicted molar refractivity (Wildman–Crippen MR) is 79.5 cm³/mol. The van der Waals surface area contributed by atoms with Crippen molar-refractivity contribution in [2.45, 2.75) is 45.6 Å². The molecule has 0 bridgehead atoms. The van der Waals surface area contributed by atoms with Gasteiger partial charge in [0.2, 0.25) is 11.8 Å². The molecule has 0 radical (unpaired) electrons. The average molecular weight is 274 g/mol. The van der Waals surface area contributed by atoms with Crippen molar-refractivity contribution in [2.24, 2.45) is 0 Å². The maximum absolute atomic E-state index is 12.0. The SMILES string of the molecule is CCc1ccccc1NC(=O)CCN(C(C)=O)C1CC1. The summed E-state index contributed by atoms with van der Waals surface area (Å²) < 4.78 is 0. The Morgan fingerprint density at radius 1 is 1.30 bits per heavy atom. The van der Waals surface area contributed by atoms with Crippen molar-refractivity contribution in [2.75, 3.05) is 11.9 Å². The second-order valence-corrected chi connectivity index (χ2v) is 5.25. The molecular formula is C16H22N2O2. The van der Waals surface area contributed by atoms with E-state index in [1.54, 1.807) is 6.92 Å². The van der Waals surface area contributed by atoms with Crippen LogP contribution in [0, 0.1) is 0 Å². The molecule has 108 valence electrons. The smallest absolute Gasteiger partial charge is 0.226 e. The van der Waals surface area contributed by atoms with Crippen LogP contribution in [0.1, 0.15) is 38.7 Å². The molecule has 20 heavy (non-hydrogen) atoms. The van der Waals surface area contributed by atoms with Crippen LogP contribution in [0.15, 0.2) is 24.3 Å².